The predicted octanol–water partition coefficient (Wildman–Crippen LogP) is 11.3. The number of hydrogen-bond donors (Lipinski definition) is 0. The van der Waals surface area contributed by atoms with Crippen molar-refractivity contribution in [3.05, 3.63) is 221 Å². The van der Waals surface area contributed by atoms with Gasteiger partial charge < -0.3 is 0 Å². The summed E-state index contributed by atoms with van der Waals surface area (Å²) >= 11 is 0. The summed E-state index contributed by atoms with van der Waals surface area (Å²) in [6, 6.07) is 46.1. The Bertz CT molecular complexity index is 2920. The molecule has 12 rings (SSSR count). The van der Waals surface area contributed by atoms with E-state index in [1.54, 1.807) is 0 Å². The van der Waals surface area contributed by atoms with E-state index in [9.17, 15) is 0 Å². The maximum Gasteiger partial charge on any atom is 0.163 e. The van der Waals surface area contributed by atoms with Crippen molar-refractivity contribution in [1.82, 2.24) is 15.0 Å². The van der Waals surface area contributed by atoms with Crippen LogP contribution in [0, 0.1) is 0 Å². The van der Waals surface area contributed by atoms with Crippen molar-refractivity contribution < 1.29 is 0 Å². The van der Waals surface area contributed by atoms with Crippen LogP contribution >= 0.6 is 0 Å². The van der Waals surface area contributed by atoms with Crippen LogP contribution in [0.2, 0.25) is 0 Å². The minimum Gasteiger partial charge on any atom is -0.251 e. The fraction of sp³-hybridized carbons (Fsp3) is 0.0588. The van der Waals surface area contributed by atoms with E-state index in [1.165, 1.54) is 16.7 Å². The van der Waals surface area contributed by atoms with Gasteiger partial charge in [-0.15, -0.1) is 0 Å². The van der Waals surface area contributed by atoms with Crippen LogP contribution in [0.15, 0.2) is 208 Å². The standard InChI is InChI=1S/C51H32N6/c1-5-15-30(16-6-1)34-23-14-26-40-42(34)44-47(53-40)38(31-17-7-2-8-18-31)29-39-35-27-28-41-43(46(35)54-48(39)44)36-24-13-25-37(45(36)52-41)51-56-49(32-19-9-3-10-20-32)55-50(57-51)33-21-11-4-12-22-33/h1-29,34,37-38H. The third kappa shape index (κ3) is 4.97. The van der Waals surface area contributed by atoms with Crippen molar-refractivity contribution in [1.29, 1.82) is 0 Å². The first kappa shape index (κ1) is 31.9. The first-order valence-corrected chi connectivity index (χ1v) is 19.4. The van der Waals surface area contributed by atoms with Crippen LogP contribution in [0.25, 0.3) is 33.9 Å². The molecule has 3 aliphatic heterocycles. The number of fused-ring (bicyclic) bond motifs is 10. The number of nitrogens with zero attached hydrogens (tertiary/aromatic N) is 6. The number of allylic oxidation sites excluding steroid dienone is 11. The molecule has 6 heteroatoms. The average Bonchev–Trinajstić information content (AvgIpc) is 3.98. The van der Waals surface area contributed by atoms with Gasteiger partial charge in [-0.3, -0.25) is 9.98 Å². The first-order valence-electron chi connectivity index (χ1n) is 19.4. The van der Waals surface area contributed by atoms with Crippen molar-refractivity contribution in [2.45, 2.75) is 17.8 Å². The fourth-order valence-electron chi connectivity index (χ4n) is 9.06. The topological polar surface area (TPSA) is 75.8 Å². The van der Waals surface area contributed by atoms with Gasteiger partial charge in [-0.1, -0.05) is 158 Å². The van der Waals surface area contributed by atoms with Crippen molar-refractivity contribution in [2.75, 3.05) is 0 Å². The number of aromatic nitrogens is 3. The molecule has 3 unspecified atom stereocenters. The third-order valence-electron chi connectivity index (χ3n) is 11.7. The van der Waals surface area contributed by atoms with E-state index >= 15 is 0 Å². The molecule has 6 aliphatic rings. The Hall–Kier alpha value is -7.44. The highest BCUT2D eigenvalue weighted by atomic mass is 15.0. The van der Waals surface area contributed by atoms with Crippen molar-refractivity contribution in [3.63, 3.8) is 0 Å². The zero-order valence-electron chi connectivity index (χ0n) is 30.7. The van der Waals surface area contributed by atoms with Gasteiger partial charge in [0.1, 0.15) is 5.82 Å². The zero-order valence-corrected chi connectivity index (χ0v) is 30.7. The molecule has 6 nitrogen and oxygen atoms in total. The second kappa shape index (κ2) is 12.5. The molecule has 0 saturated carbocycles. The van der Waals surface area contributed by atoms with E-state index in [0.29, 0.717) is 17.5 Å². The van der Waals surface area contributed by atoms with Crippen molar-refractivity contribution in [3.8, 4) is 22.8 Å². The highest BCUT2D eigenvalue weighted by Gasteiger charge is 2.44. The minimum absolute atomic E-state index is 0.0146. The maximum atomic E-state index is 5.61. The Morgan fingerprint density at radius 2 is 1.09 bits per heavy atom. The van der Waals surface area contributed by atoms with Gasteiger partial charge in [0.15, 0.2) is 11.6 Å². The third-order valence-corrected chi connectivity index (χ3v) is 11.7. The largest absolute Gasteiger partial charge is 0.251 e. The molecule has 0 bridgehead atoms. The van der Waals surface area contributed by atoms with E-state index in [-0.39, 0.29) is 17.8 Å². The molecule has 1 aromatic heterocycles. The normalized spacial score (nSPS) is 20.5. The lowest BCUT2D eigenvalue weighted by Gasteiger charge is -2.26. The zero-order chi connectivity index (χ0) is 37.5. The second-order valence-corrected chi connectivity index (χ2v) is 14.9. The molecule has 0 saturated heterocycles. The van der Waals surface area contributed by atoms with Gasteiger partial charge in [0.2, 0.25) is 0 Å². The summed E-state index contributed by atoms with van der Waals surface area (Å²) in [5.74, 6) is 1.72. The van der Waals surface area contributed by atoms with Gasteiger partial charge in [-0.2, -0.15) is 0 Å². The van der Waals surface area contributed by atoms with Crippen LogP contribution in [-0.4, -0.2) is 32.1 Å². The summed E-state index contributed by atoms with van der Waals surface area (Å²) < 4.78 is 0. The van der Waals surface area contributed by atoms with E-state index in [1.807, 2.05) is 60.7 Å². The summed E-state index contributed by atoms with van der Waals surface area (Å²) in [6.07, 6.45) is 15.4. The molecule has 3 atom stereocenters. The molecule has 57 heavy (non-hydrogen) atoms. The molecule has 0 N–H and O–H groups in total. The SMILES string of the molecule is C1=CC(c2ccccc2)C2=C3C4=Nc5c(ccc6c5C5=CC=CC(c7nc(-c8ccccc8)nc(-c8ccccc8)n7)C5=N6)C4=CC(c4ccccc4)C3=NC2=C1. The molecule has 0 radical (unpaired) electrons. The van der Waals surface area contributed by atoms with Gasteiger partial charge in [0, 0.05) is 56.4 Å². The summed E-state index contributed by atoms with van der Waals surface area (Å²) in [5.41, 5.74) is 17.0. The molecule has 6 aromatic rings. The van der Waals surface area contributed by atoms with Crippen LogP contribution in [0.5, 0.6) is 0 Å². The molecule has 5 aromatic carbocycles. The molecule has 4 heterocycles. The van der Waals surface area contributed by atoms with Crippen LogP contribution < -0.4 is 0 Å². The average molecular weight is 729 g/mol. The Balaban J connectivity index is 1.00. The second-order valence-electron chi connectivity index (χ2n) is 14.9. The molecule has 3 aliphatic carbocycles. The molecule has 266 valence electrons. The number of benzene rings is 5. The van der Waals surface area contributed by atoms with Gasteiger partial charge in [-0.05, 0) is 29.3 Å². The summed E-state index contributed by atoms with van der Waals surface area (Å²) in [5, 5.41) is 0. The van der Waals surface area contributed by atoms with Crippen LogP contribution in [-0.2, 0) is 0 Å². The lowest BCUT2D eigenvalue weighted by Crippen LogP contribution is -2.24. The van der Waals surface area contributed by atoms with E-state index in [2.05, 4.69) is 115 Å². The van der Waals surface area contributed by atoms with Gasteiger partial charge in [-0.25, -0.2) is 19.9 Å². The fourth-order valence-corrected chi connectivity index (χ4v) is 9.06. The van der Waals surface area contributed by atoms with Crippen LogP contribution in [0.4, 0.5) is 11.4 Å². The monoisotopic (exact) mass is 728 g/mol. The predicted molar refractivity (Wildman–Crippen MR) is 229 cm³/mol. The molecule has 0 fully saturated rings. The summed E-state index contributed by atoms with van der Waals surface area (Å²) in [6.45, 7) is 0. The van der Waals surface area contributed by atoms with Crippen LogP contribution in [0.3, 0.4) is 0 Å². The number of hydrogen-bond acceptors (Lipinski definition) is 6. The van der Waals surface area contributed by atoms with Crippen molar-refractivity contribution in [2.24, 2.45) is 15.0 Å². The molecular weight excluding hydrogens is 697 g/mol. The summed E-state index contributed by atoms with van der Waals surface area (Å²) in [7, 11) is 0. The van der Waals surface area contributed by atoms with E-state index in [0.717, 1.165) is 73.2 Å². The van der Waals surface area contributed by atoms with E-state index < -0.39 is 0 Å². The Morgan fingerprint density at radius 1 is 0.474 bits per heavy atom. The minimum atomic E-state index is -0.272. The quantitative estimate of drug-likeness (QED) is 0.177. The van der Waals surface area contributed by atoms with Gasteiger partial charge in [0.25, 0.3) is 0 Å². The Labute approximate surface area is 329 Å². The molecule has 0 amide bonds. The highest BCUT2D eigenvalue weighted by molar-refractivity contribution is 6.49. The maximum absolute atomic E-state index is 5.61. The number of aliphatic imine (C=N–C) groups is 3. The number of rotatable bonds is 5. The Morgan fingerprint density at radius 3 is 1.77 bits per heavy atom. The van der Waals surface area contributed by atoms with Crippen molar-refractivity contribution >= 4 is 39.7 Å². The lowest BCUT2D eigenvalue weighted by molar-refractivity contribution is 0.909. The smallest absolute Gasteiger partial charge is 0.163 e. The molecular formula is C51H32N6. The first-order chi connectivity index (χ1) is 28.3. The molecule has 0 spiro atoms. The van der Waals surface area contributed by atoms with Gasteiger partial charge >= 0.3 is 0 Å². The van der Waals surface area contributed by atoms with Crippen LogP contribution in [0.1, 0.15) is 45.8 Å². The lowest BCUT2D eigenvalue weighted by atomic mass is 9.74. The van der Waals surface area contributed by atoms with E-state index in [4.69, 9.17) is 29.9 Å². The Kier molecular flexibility index (Phi) is 7.01. The highest BCUT2D eigenvalue weighted by Crippen LogP contribution is 2.55. The van der Waals surface area contributed by atoms with Gasteiger partial charge in [0.05, 0.1) is 40.1 Å². The summed E-state index contributed by atoms with van der Waals surface area (Å²) in [4.78, 5) is 31.5.